The van der Waals surface area contributed by atoms with Crippen LogP contribution in [0.25, 0.3) is 10.9 Å². The Hall–Kier alpha value is -2.87. The van der Waals surface area contributed by atoms with Gasteiger partial charge in [0.2, 0.25) is 0 Å². The van der Waals surface area contributed by atoms with Crippen molar-refractivity contribution in [2.24, 2.45) is 5.10 Å². The van der Waals surface area contributed by atoms with Gasteiger partial charge in [-0.15, -0.1) is 49.5 Å². The van der Waals surface area contributed by atoms with Gasteiger partial charge >= 0.3 is 12.7 Å². The Labute approximate surface area is 341 Å². The Balaban J connectivity index is 0.000000319. The first kappa shape index (κ1) is 47.3. The normalized spacial score (nSPS) is 11.3. The summed E-state index contributed by atoms with van der Waals surface area (Å²) in [5.41, 5.74) is 4.81. The van der Waals surface area contributed by atoms with Crippen molar-refractivity contribution in [3.63, 3.8) is 0 Å². The lowest BCUT2D eigenvalue weighted by atomic mass is 10.2. The molecule has 1 heterocycles. The van der Waals surface area contributed by atoms with Crippen LogP contribution in [0.3, 0.4) is 0 Å². The average Bonchev–Trinajstić information content (AvgIpc) is 3.37. The SMILES string of the molecule is C/C(COc1ccc(Cl)cc1)=N\Nc1cccc(OC(F)(F)F)c1.Cc1[nH]c2cc(OC(F)(F)F)ccc2c1Oc1ccc(Cl)cc1.ClCCl.ClP(Cl)Cl. The summed E-state index contributed by atoms with van der Waals surface area (Å²) in [5, 5.41) is 6.09. The summed E-state index contributed by atoms with van der Waals surface area (Å²) in [6.07, 6.45) is -9.46. The van der Waals surface area contributed by atoms with Crippen molar-refractivity contribution in [1.82, 2.24) is 4.98 Å². The molecule has 0 fully saturated rings. The summed E-state index contributed by atoms with van der Waals surface area (Å²) in [4.78, 5) is 2.99. The van der Waals surface area contributed by atoms with Gasteiger partial charge in [0.05, 0.1) is 27.9 Å². The predicted molar refractivity (Wildman–Crippen MR) is 209 cm³/mol. The molecule has 1 aromatic heterocycles. The summed E-state index contributed by atoms with van der Waals surface area (Å²) < 4.78 is 92.4. The highest BCUT2D eigenvalue weighted by Gasteiger charge is 2.32. The molecule has 0 bridgehead atoms. The number of rotatable bonds is 9. The van der Waals surface area contributed by atoms with Gasteiger partial charge in [-0.25, -0.2) is 0 Å². The molecule has 294 valence electrons. The number of alkyl halides is 8. The van der Waals surface area contributed by atoms with E-state index in [1.807, 2.05) is 0 Å². The Kier molecular flexibility index (Phi) is 20.4. The zero-order chi connectivity index (χ0) is 40.5. The maximum absolute atomic E-state index is 12.3. The van der Waals surface area contributed by atoms with Gasteiger partial charge in [-0.2, -0.15) is 5.10 Å². The second-order valence-electron chi connectivity index (χ2n) is 9.96. The molecule has 7 nitrogen and oxygen atoms in total. The van der Waals surface area contributed by atoms with E-state index in [1.165, 1.54) is 36.4 Å². The van der Waals surface area contributed by atoms with Crippen LogP contribution in [-0.2, 0) is 0 Å². The Morgan fingerprint density at radius 2 is 1.22 bits per heavy atom. The van der Waals surface area contributed by atoms with E-state index in [1.54, 1.807) is 68.4 Å². The van der Waals surface area contributed by atoms with E-state index in [2.05, 4.69) is 25.0 Å². The van der Waals surface area contributed by atoms with Gasteiger partial charge in [0.25, 0.3) is 0 Å². The molecule has 0 aliphatic carbocycles. The van der Waals surface area contributed by atoms with Gasteiger partial charge in [0.15, 0.2) is 11.7 Å². The van der Waals surface area contributed by atoms with Crippen LogP contribution >= 0.6 is 86.1 Å². The third-order valence-corrected chi connectivity index (χ3v) is 6.37. The van der Waals surface area contributed by atoms with E-state index in [9.17, 15) is 26.3 Å². The monoisotopic (exact) mass is 919 g/mol. The summed E-state index contributed by atoms with van der Waals surface area (Å²) in [6, 6.07) is 23.1. The predicted octanol–water partition coefficient (Wildman–Crippen LogP) is 15.3. The fraction of sp³-hybridized carbons (Fsp3) is 0.182. The number of hydrogen-bond donors (Lipinski definition) is 2. The van der Waals surface area contributed by atoms with Gasteiger partial charge in [-0.05, 0) is 86.6 Å². The number of aromatic amines is 1. The molecule has 2 N–H and O–H groups in total. The fourth-order valence-corrected chi connectivity index (χ4v) is 4.16. The fourth-order valence-electron chi connectivity index (χ4n) is 3.91. The third-order valence-electron chi connectivity index (χ3n) is 5.87. The Morgan fingerprint density at radius 3 is 1.74 bits per heavy atom. The summed E-state index contributed by atoms with van der Waals surface area (Å²) >= 11 is 35.7. The molecule has 54 heavy (non-hydrogen) atoms. The van der Waals surface area contributed by atoms with Gasteiger partial charge in [0, 0.05) is 27.6 Å². The van der Waals surface area contributed by atoms with Crippen molar-refractivity contribution in [2.75, 3.05) is 17.4 Å². The minimum absolute atomic E-state index is 0.194. The first-order chi connectivity index (χ1) is 25.3. The maximum atomic E-state index is 12.3. The van der Waals surface area contributed by atoms with Crippen LogP contribution in [0.4, 0.5) is 32.0 Å². The molecule has 0 saturated heterocycles. The molecule has 0 aliphatic rings. The van der Waals surface area contributed by atoms with Gasteiger partial charge in [-0.1, -0.05) is 63.0 Å². The van der Waals surface area contributed by atoms with Crippen molar-refractivity contribution < 1.29 is 45.3 Å². The standard InChI is InChI=1S/C16H14ClF3N2O2.C16H11ClF3NO2.CH2Cl2.Cl3P/c1-11(10-23-14-7-5-12(17)6-8-14)21-22-13-3-2-4-15(9-13)24-16(18,19)20;1-9-15(22-11-4-2-10(17)3-5-11)13-7-6-12(8-14(13)21-9)23-16(18,19)20;2-1-3;1-4(2)3/h2-9,22H,10H2,1H3;2-8,21H,1H3;1H2;/b21-11+;;;. The van der Waals surface area contributed by atoms with Crippen LogP contribution in [-0.4, -0.2) is 35.4 Å². The number of aromatic nitrogens is 1. The second kappa shape index (κ2) is 23.3. The van der Waals surface area contributed by atoms with Gasteiger partial charge in [-0.3, -0.25) is 5.43 Å². The molecular weight excluding hydrogens is 896 g/mol. The van der Waals surface area contributed by atoms with Crippen molar-refractivity contribution in [3.05, 3.63) is 107 Å². The molecule has 0 radical (unpaired) electrons. The highest BCUT2D eigenvalue weighted by atomic mass is 36.0. The maximum Gasteiger partial charge on any atom is 0.573 e. The van der Waals surface area contributed by atoms with Crippen molar-refractivity contribution in [1.29, 1.82) is 0 Å². The highest BCUT2D eigenvalue weighted by molar-refractivity contribution is 8.20. The smallest absolute Gasteiger partial charge is 0.488 e. The molecule has 0 unspecified atom stereocenters. The van der Waals surface area contributed by atoms with Crippen LogP contribution in [0.1, 0.15) is 12.6 Å². The highest BCUT2D eigenvalue weighted by Crippen LogP contribution is 2.51. The Bertz CT molecular complexity index is 1900. The molecule has 0 amide bonds. The zero-order valence-electron chi connectivity index (χ0n) is 27.5. The molecule has 0 saturated carbocycles. The number of H-pyrrole nitrogens is 1. The molecule has 21 heteroatoms. The number of nitrogens with one attached hydrogen (secondary N) is 2. The van der Waals surface area contributed by atoms with Gasteiger partial charge in [0.1, 0.15) is 29.6 Å². The van der Waals surface area contributed by atoms with E-state index in [4.69, 9.17) is 89.6 Å². The number of ether oxygens (including phenoxy) is 4. The third kappa shape index (κ3) is 19.6. The van der Waals surface area contributed by atoms with E-state index in [0.717, 1.165) is 0 Å². The Morgan fingerprint density at radius 1 is 0.741 bits per heavy atom. The number of halogens is 13. The van der Waals surface area contributed by atoms with Crippen LogP contribution < -0.4 is 24.4 Å². The second-order valence-corrected chi connectivity index (χ2v) is 16.6. The number of benzene rings is 4. The molecule has 5 rings (SSSR count). The number of anilines is 1. The lowest BCUT2D eigenvalue weighted by Crippen LogP contribution is -2.17. The summed E-state index contributed by atoms with van der Waals surface area (Å²) in [7, 11) is 0. The molecule has 0 atom stereocenters. The van der Waals surface area contributed by atoms with E-state index in [-0.39, 0.29) is 23.4 Å². The van der Waals surface area contributed by atoms with E-state index >= 15 is 0 Å². The van der Waals surface area contributed by atoms with Crippen molar-refractivity contribution in [3.8, 4) is 28.7 Å². The lowest BCUT2D eigenvalue weighted by Gasteiger charge is -2.10. The minimum Gasteiger partial charge on any atom is -0.488 e. The number of nitrogens with zero attached hydrogens (tertiary/aromatic N) is 1. The largest absolute Gasteiger partial charge is 0.573 e. The molecule has 0 spiro atoms. The lowest BCUT2D eigenvalue weighted by molar-refractivity contribution is -0.275. The van der Waals surface area contributed by atoms with Crippen LogP contribution in [0.2, 0.25) is 10.0 Å². The van der Waals surface area contributed by atoms with Crippen LogP contribution in [0.15, 0.2) is 96.1 Å². The van der Waals surface area contributed by atoms with Crippen LogP contribution in [0, 0.1) is 6.92 Å². The van der Waals surface area contributed by atoms with Crippen LogP contribution in [0.5, 0.6) is 28.7 Å². The van der Waals surface area contributed by atoms with Crippen molar-refractivity contribution >= 4 is 108 Å². The van der Waals surface area contributed by atoms with Crippen molar-refractivity contribution in [2.45, 2.75) is 26.6 Å². The number of fused-ring (bicyclic) bond motifs is 1. The molecule has 4 aromatic carbocycles. The summed E-state index contributed by atoms with van der Waals surface area (Å²) in [6.45, 7) is 3.71. The molecular formula is C33H27Cl7F6N3O4P. The average molecular weight is 923 g/mol. The zero-order valence-corrected chi connectivity index (χ0v) is 33.7. The first-order valence-corrected chi connectivity index (χ1v) is 20.4. The van der Waals surface area contributed by atoms with Gasteiger partial charge < -0.3 is 23.9 Å². The number of aryl methyl sites for hydroxylation is 1. The molecule has 5 aromatic rings. The van der Waals surface area contributed by atoms with E-state index < -0.39 is 18.7 Å². The van der Waals surface area contributed by atoms with E-state index in [0.29, 0.717) is 55.3 Å². The first-order valence-electron chi connectivity index (χ1n) is 14.5. The minimum atomic E-state index is -4.73. The topological polar surface area (TPSA) is 77.1 Å². The number of hydrogen-bond acceptors (Lipinski definition) is 6. The summed E-state index contributed by atoms with van der Waals surface area (Å²) in [5.74, 6) is -0.0588. The number of hydrazone groups is 1. The molecule has 0 aliphatic heterocycles. The quantitative estimate of drug-likeness (QED) is 0.0506.